The SMILES string of the molecule is CNCc1c(C)cc(C)nc1Oc1cccc(Br)c1. The molecule has 4 heteroatoms. The molecule has 1 aromatic carbocycles. The van der Waals surface area contributed by atoms with Crippen LogP contribution < -0.4 is 10.1 Å². The standard InChI is InChI=1S/C15H17BrN2O/c1-10-7-11(2)18-15(14(10)9-17-3)19-13-6-4-5-12(16)8-13/h4-8,17H,9H2,1-3H3. The minimum Gasteiger partial charge on any atom is -0.439 e. The Bertz CT molecular complexity index is 584. The molecule has 2 rings (SSSR count). The number of nitrogens with zero attached hydrogens (tertiary/aromatic N) is 1. The van der Waals surface area contributed by atoms with Crippen LogP contribution in [0.4, 0.5) is 0 Å². The molecule has 0 fully saturated rings. The third-order valence-corrected chi connectivity index (χ3v) is 3.29. The van der Waals surface area contributed by atoms with Crippen LogP contribution in [-0.4, -0.2) is 12.0 Å². The molecule has 19 heavy (non-hydrogen) atoms. The number of benzene rings is 1. The molecule has 2 aromatic rings. The van der Waals surface area contributed by atoms with Crippen LogP contribution in [0.1, 0.15) is 16.8 Å². The molecule has 0 aliphatic rings. The van der Waals surface area contributed by atoms with Gasteiger partial charge in [0.25, 0.3) is 0 Å². The zero-order chi connectivity index (χ0) is 13.8. The Morgan fingerprint density at radius 3 is 2.74 bits per heavy atom. The molecule has 100 valence electrons. The molecule has 0 radical (unpaired) electrons. The van der Waals surface area contributed by atoms with E-state index in [2.05, 4.69) is 39.2 Å². The van der Waals surface area contributed by atoms with Gasteiger partial charge in [-0.25, -0.2) is 4.98 Å². The van der Waals surface area contributed by atoms with Gasteiger partial charge in [0.15, 0.2) is 0 Å². The molecule has 0 saturated heterocycles. The number of halogens is 1. The topological polar surface area (TPSA) is 34.2 Å². The third kappa shape index (κ3) is 3.55. The average molecular weight is 321 g/mol. The van der Waals surface area contributed by atoms with Gasteiger partial charge in [0.1, 0.15) is 5.75 Å². The van der Waals surface area contributed by atoms with Gasteiger partial charge in [-0.1, -0.05) is 22.0 Å². The average Bonchev–Trinajstić information content (AvgIpc) is 2.33. The van der Waals surface area contributed by atoms with Gasteiger partial charge >= 0.3 is 0 Å². The molecule has 0 aliphatic heterocycles. The van der Waals surface area contributed by atoms with E-state index in [1.165, 1.54) is 5.56 Å². The highest BCUT2D eigenvalue weighted by atomic mass is 79.9. The van der Waals surface area contributed by atoms with Crippen molar-refractivity contribution in [1.29, 1.82) is 0 Å². The molecule has 0 atom stereocenters. The molecule has 0 saturated carbocycles. The lowest BCUT2D eigenvalue weighted by atomic mass is 10.1. The van der Waals surface area contributed by atoms with E-state index in [1.54, 1.807) is 0 Å². The molecule has 0 spiro atoms. The lowest BCUT2D eigenvalue weighted by Gasteiger charge is -2.13. The third-order valence-electron chi connectivity index (χ3n) is 2.80. The Kier molecular flexibility index (Phi) is 4.56. The van der Waals surface area contributed by atoms with Crippen LogP contribution >= 0.6 is 15.9 Å². The largest absolute Gasteiger partial charge is 0.439 e. The number of aryl methyl sites for hydroxylation is 2. The predicted octanol–water partition coefficient (Wildman–Crippen LogP) is 3.97. The van der Waals surface area contributed by atoms with Crippen LogP contribution in [0.15, 0.2) is 34.8 Å². The van der Waals surface area contributed by atoms with Crippen LogP contribution in [0.2, 0.25) is 0 Å². The zero-order valence-electron chi connectivity index (χ0n) is 11.3. The Balaban J connectivity index is 2.38. The van der Waals surface area contributed by atoms with Crippen molar-refractivity contribution in [2.75, 3.05) is 7.05 Å². The summed E-state index contributed by atoms with van der Waals surface area (Å²) in [4.78, 5) is 4.50. The van der Waals surface area contributed by atoms with E-state index in [-0.39, 0.29) is 0 Å². The van der Waals surface area contributed by atoms with Gasteiger partial charge in [0, 0.05) is 22.3 Å². The van der Waals surface area contributed by atoms with E-state index in [4.69, 9.17) is 4.74 Å². The summed E-state index contributed by atoms with van der Waals surface area (Å²) in [5.41, 5.74) is 3.24. The van der Waals surface area contributed by atoms with Gasteiger partial charge in [0.2, 0.25) is 5.88 Å². The van der Waals surface area contributed by atoms with Crippen molar-refractivity contribution in [3.05, 3.63) is 51.6 Å². The van der Waals surface area contributed by atoms with E-state index >= 15 is 0 Å². The second-order valence-electron chi connectivity index (χ2n) is 4.45. The smallest absolute Gasteiger partial charge is 0.224 e. The first-order chi connectivity index (χ1) is 9.10. The molecule has 3 nitrogen and oxygen atoms in total. The molecular formula is C15H17BrN2O. The Labute approximate surface area is 122 Å². The number of pyridine rings is 1. The highest BCUT2D eigenvalue weighted by Gasteiger charge is 2.10. The van der Waals surface area contributed by atoms with Gasteiger partial charge in [-0.15, -0.1) is 0 Å². The monoisotopic (exact) mass is 320 g/mol. The first-order valence-corrected chi connectivity index (χ1v) is 6.94. The Morgan fingerprint density at radius 1 is 1.26 bits per heavy atom. The number of nitrogens with one attached hydrogen (secondary N) is 1. The van der Waals surface area contributed by atoms with E-state index in [0.29, 0.717) is 5.88 Å². The first kappa shape index (κ1) is 14.0. The summed E-state index contributed by atoms with van der Waals surface area (Å²) in [7, 11) is 1.92. The first-order valence-electron chi connectivity index (χ1n) is 6.15. The van der Waals surface area contributed by atoms with Crippen molar-refractivity contribution < 1.29 is 4.74 Å². The highest BCUT2D eigenvalue weighted by Crippen LogP contribution is 2.27. The maximum atomic E-state index is 5.92. The van der Waals surface area contributed by atoms with Crippen LogP contribution in [0.3, 0.4) is 0 Å². The molecule has 1 heterocycles. The fraction of sp³-hybridized carbons (Fsp3) is 0.267. The lowest BCUT2D eigenvalue weighted by molar-refractivity contribution is 0.452. The summed E-state index contributed by atoms with van der Waals surface area (Å²) in [6, 6.07) is 9.84. The lowest BCUT2D eigenvalue weighted by Crippen LogP contribution is -2.09. The summed E-state index contributed by atoms with van der Waals surface area (Å²) in [6.45, 7) is 4.79. The predicted molar refractivity (Wildman–Crippen MR) is 80.7 cm³/mol. The fourth-order valence-electron chi connectivity index (χ4n) is 1.95. The number of ether oxygens (including phenoxy) is 1. The summed E-state index contributed by atoms with van der Waals surface area (Å²) < 4.78 is 6.91. The van der Waals surface area contributed by atoms with Crippen molar-refractivity contribution in [2.45, 2.75) is 20.4 Å². The van der Waals surface area contributed by atoms with Crippen molar-refractivity contribution in [3.63, 3.8) is 0 Å². The van der Waals surface area contributed by atoms with Crippen LogP contribution in [-0.2, 0) is 6.54 Å². The van der Waals surface area contributed by atoms with Gasteiger partial charge < -0.3 is 10.1 Å². The quantitative estimate of drug-likeness (QED) is 0.925. The van der Waals surface area contributed by atoms with Crippen molar-refractivity contribution >= 4 is 15.9 Å². The van der Waals surface area contributed by atoms with Crippen LogP contribution in [0.25, 0.3) is 0 Å². The summed E-state index contributed by atoms with van der Waals surface area (Å²) >= 11 is 3.44. The summed E-state index contributed by atoms with van der Waals surface area (Å²) in [6.07, 6.45) is 0. The van der Waals surface area contributed by atoms with Gasteiger partial charge in [-0.2, -0.15) is 0 Å². The second-order valence-corrected chi connectivity index (χ2v) is 5.37. The number of hydrogen-bond acceptors (Lipinski definition) is 3. The van der Waals surface area contributed by atoms with Crippen molar-refractivity contribution in [2.24, 2.45) is 0 Å². The minimum atomic E-state index is 0.671. The number of rotatable bonds is 4. The highest BCUT2D eigenvalue weighted by molar-refractivity contribution is 9.10. The van der Waals surface area contributed by atoms with Crippen molar-refractivity contribution in [1.82, 2.24) is 10.3 Å². The van der Waals surface area contributed by atoms with E-state index in [1.807, 2.05) is 38.2 Å². The molecule has 0 amide bonds. The molecule has 0 unspecified atom stereocenters. The molecule has 1 aromatic heterocycles. The van der Waals surface area contributed by atoms with E-state index in [9.17, 15) is 0 Å². The normalized spacial score (nSPS) is 10.5. The summed E-state index contributed by atoms with van der Waals surface area (Å²) in [5, 5.41) is 3.15. The van der Waals surface area contributed by atoms with Crippen LogP contribution in [0, 0.1) is 13.8 Å². The number of hydrogen-bond donors (Lipinski definition) is 1. The van der Waals surface area contributed by atoms with Crippen molar-refractivity contribution in [3.8, 4) is 11.6 Å². The maximum absolute atomic E-state index is 5.92. The van der Waals surface area contributed by atoms with Crippen LogP contribution in [0.5, 0.6) is 11.6 Å². The van der Waals surface area contributed by atoms with Gasteiger partial charge in [-0.3, -0.25) is 0 Å². The van der Waals surface area contributed by atoms with E-state index < -0.39 is 0 Å². The molecule has 0 aliphatic carbocycles. The summed E-state index contributed by atoms with van der Waals surface area (Å²) in [5.74, 6) is 1.45. The Hall–Kier alpha value is -1.39. The fourth-order valence-corrected chi connectivity index (χ4v) is 2.33. The van der Waals surface area contributed by atoms with E-state index in [0.717, 1.165) is 28.0 Å². The Morgan fingerprint density at radius 2 is 2.05 bits per heavy atom. The zero-order valence-corrected chi connectivity index (χ0v) is 12.9. The molecule has 1 N–H and O–H groups in total. The number of aromatic nitrogens is 1. The molecule has 0 bridgehead atoms. The minimum absolute atomic E-state index is 0.671. The second kappa shape index (κ2) is 6.17. The van der Waals surface area contributed by atoms with Gasteiger partial charge in [0.05, 0.1) is 0 Å². The maximum Gasteiger partial charge on any atom is 0.224 e. The molecular weight excluding hydrogens is 304 g/mol. The van der Waals surface area contributed by atoms with Gasteiger partial charge in [-0.05, 0) is 50.7 Å².